The van der Waals surface area contributed by atoms with Crippen LogP contribution in [-0.2, 0) is 18.7 Å². The Bertz CT molecular complexity index is 936. The molecule has 1 saturated heterocycles. The second-order valence-corrected chi connectivity index (χ2v) is 14.2. The van der Waals surface area contributed by atoms with E-state index in [1.807, 2.05) is 63.2 Å². The molecule has 0 spiro atoms. The standard InChI is InChI=1S/C26H32O4Si/c1-18-17-21-23(29-26(5,6)28-21)24(22(18)27)30-31(25(2,3)4,19-13-9-7-10-14-19)20-15-11-8-12-16-20/h7-17,21,23-24H,1-6H3/t21-,23-,24-/m1/s1. The molecule has 0 amide bonds. The predicted molar refractivity (Wildman–Crippen MR) is 125 cm³/mol. The number of ether oxygens (including phenoxy) is 2. The van der Waals surface area contributed by atoms with Gasteiger partial charge in [0.2, 0.25) is 0 Å². The SMILES string of the molecule is CC1=C[C@H]2OC(C)(C)O[C@H]2[C@H](O[Si](c2ccccc2)(c2ccccc2)C(C)(C)C)C1=O. The number of hydrogen-bond donors (Lipinski definition) is 0. The molecule has 1 aliphatic carbocycles. The van der Waals surface area contributed by atoms with Crippen molar-refractivity contribution in [2.45, 2.75) is 70.7 Å². The van der Waals surface area contributed by atoms with Crippen molar-refractivity contribution >= 4 is 24.5 Å². The van der Waals surface area contributed by atoms with E-state index in [2.05, 4.69) is 45.0 Å². The molecule has 2 aromatic carbocycles. The molecule has 1 aliphatic heterocycles. The molecule has 2 aromatic rings. The molecule has 5 heteroatoms. The van der Waals surface area contributed by atoms with Crippen molar-refractivity contribution in [1.82, 2.24) is 0 Å². The van der Waals surface area contributed by atoms with Gasteiger partial charge >= 0.3 is 0 Å². The lowest BCUT2D eigenvalue weighted by molar-refractivity contribution is -0.155. The molecule has 164 valence electrons. The van der Waals surface area contributed by atoms with Crippen molar-refractivity contribution in [2.24, 2.45) is 0 Å². The smallest absolute Gasteiger partial charge is 0.262 e. The number of rotatable bonds is 4. The van der Waals surface area contributed by atoms with Crippen LogP contribution in [0.5, 0.6) is 0 Å². The predicted octanol–water partition coefficient (Wildman–Crippen LogP) is 3.98. The molecule has 0 bridgehead atoms. The lowest BCUT2D eigenvalue weighted by Gasteiger charge is -2.46. The summed E-state index contributed by atoms with van der Waals surface area (Å²) in [6.45, 7) is 12.3. The molecule has 4 nitrogen and oxygen atoms in total. The number of ketones is 1. The summed E-state index contributed by atoms with van der Waals surface area (Å²) in [5.41, 5.74) is 0.672. The van der Waals surface area contributed by atoms with E-state index in [-0.39, 0.29) is 16.9 Å². The van der Waals surface area contributed by atoms with Crippen LogP contribution < -0.4 is 10.4 Å². The van der Waals surface area contributed by atoms with E-state index >= 15 is 0 Å². The van der Waals surface area contributed by atoms with Gasteiger partial charge in [-0.1, -0.05) is 81.4 Å². The summed E-state index contributed by atoms with van der Waals surface area (Å²) in [5, 5.41) is 2.06. The maximum absolute atomic E-state index is 13.4. The third kappa shape index (κ3) is 3.85. The highest BCUT2D eigenvalue weighted by atomic mass is 28.4. The van der Waals surface area contributed by atoms with Gasteiger partial charge in [-0.25, -0.2) is 0 Å². The van der Waals surface area contributed by atoms with Gasteiger partial charge in [-0.15, -0.1) is 0 Å². The fourth-order valence-electron chi connectivity index (χ4n) is 4.88. The Kier molecular flexibility index (Phi) is 5.59. The molecule has 0 unspecified atom stereocenters. The van der Waals surface area contributed by atoms with Gasteiger partial charge in [-0.05, 0) is 47.8 Å². The molecule has 31 heavy (non-hydrogen) atoms. The lowest BCUT2D eigenvalue weighted by atomic mass is 9.92. The Morgan fingerprint density at radius 1 is 0.903 bits per heavy atom. The molecule has 2 aliphatic rings. The summed E-state index contributed by atoms with van der Waals surface area (Å²) < 4.78 is 19.5. The Hall–Kier alpha value is -2.05. The van der Waals surface area contributed by atoms with Gasteiger partial charge in [0.05, 0.1) is 0 Å². The van der Waals surface area contributed by atoms with Gasteiger partial charge in [0, 0.05) is 0 Å². The topological polar surface area (TPSA) is 44.8 Å². The average Bonchev–Trinajstić information content (AvgIpc) is 3.02. The summed E-state index contributed by atoms with van der Waals surface area (Å²) in [4.78, 5) is 13.4. The third-order valence-electron chi connectivity index (χ3n) is 6.24. The summed E-state index contributed by atoms with van der Waals surface area (Å²) in [6.07, 6.45) is 0.402. The van der Waals surface area contributed by atoms with Crippen LogP contribution in [0.25, 0.3) is 0 Å². The van der Waals surface area contributed by atoms with Crippen LogP contribution in [0.4, 0.5) is 0 Å². The number of carbonyl (C=O) groups excluding carboxylic acids is 1. The summed E-state index contributed by atoms with van der Waals surface area (Å²) >= 11 is 0. The first-order valence-electron chi connectivity index (χ1n) is 10.9. The number of hydrogen-bond acceptors (Lipinski definition) is 4. The van der Waals surface area contributed by atoms with Crippen molar-refractivity contribution in [3.05, 3.63) is 72.3 Å². The van der Waals surface area contributed by atoms with Gasteiger partial charge in [-0.2, -0.15) is 0 Å². The van der Waals surface area contributed by atoms with E-state index in [1.54, 1.807) is 0 Å². The molecule has 0 radical (unpaired) electrons. The Morgan fingerprint density at radius 2 is 1.42 bits per heavy atom. The largest absolute Gasteiger partial charge is 0.394 e. The van der Waals surface area contributed by atoms with Crippen molar-refractivity contribution in [1.29, 1.82) is 0 Å². The summed E-state index contributed by atoms with van der Waals surface area (Å²) in [5.74, 6) is -0.778. The fraction of sp³-hybridized carbons (Fsp3) is 0.423. The van der Waals surface area contributed by atoms with Crippen molar-refractivity contribution in [3.63, 3.8) is 0 Å². The third-order valence-corrected chi connectivity index (χ3v) is 11.3. The van der Waals surface area contributed by atoms with Gasteiger partial charge in [-0.3, -0.25) is 4.79 Å². The van der Waals surface area contributed by atoms with Crippen molar-refractivity contribution < 1.29 is 18.7 Å². The van der Waals surface area contributed by atoms with E-state index in [4.69, 9.17) is 13.9 Å². The van der Waals surface area contributed by atoms with Crippen LogP contribution in [0, 0.1) is 0 Å². The van der Waals surface area contributed by atoms with Gasteiger partial charge in [0.15, 0.2) is 11.6 Å². The summed E-state index contributed by atoms with van der Waals surface area (Å²) in [6, 6.07) is 20.7. The molecule has 1 heterocycles. The maximum atomic E-state index is 13.4. The van der Waals surface area contributed by atoms with Crippen LogP contribution in [0.1, 0.15) is 41.5 Å². The average molecular weight is 437 g/mol. The zero-order valence-electron chi connectivity index (χ0n) is 19.2. The molecule has 3 atom stereocenters. The van der Waals surface area contributed by atoms with Gasteiger partial charge < -0.3 is 13.9 Å². The molecule has 4 rings (SSSR count). The molecule has 1 fully saturated rings. The Morgan fingerprint density at radius 3 is 1.90 bits per heavy atom. The first-order valence-corrected chi connectivity index (χ1v) is 12.8. The van der Waals surface area contributed by atoms with Crippen LogP contribution in [0.15, 0.2) is 72.3 Å². The van der Waals surface area contributed by atoms with Crippen molar-refractivity contribution in [3.8, 4) is 0 Å². The van der Waals surface area contributed by atoms with Crippen LogP contribution in [-0.4, -0.2) is 38.2 Å². The number of benzene rings is 2. The van der Waals surface area contributed by atoms with E-state index in [0.717, 1.165) is 10.4 Å². The zero-order valence-corrected chi connectivity index (χ0v) is 20.2. The van der Waals surface area contributed by atoms with Gasteiger partial charge in [0.1, 0.15) is 18.3 Å². The number of Topliss-reactive ketones (excluding diaryl/α,β-unsaturated/α-hetero) is 1. The zero-order chi connectivity index (χ0) is 22.4. The van der Waals surface area contributed by atoms with Crippen LogP contribution in [0.2, 0.25) is 5.04 Å². The summed E-state index contributed by atoms with van der Waals surface area (Å²) in [7, 11) is -2.90. The second kappa shape index (κ2) is 7.82. The van der Waals surface area contributed by atoms with E-state index in [0.29, 0.717) is 5.57 Å². The molecular weight excluding hydrogens is 404 g/mol. The van der Waals surface area contributed by atoms with Crippen LogP contribution in [0.3, 0.4) is 0 Å². The van der Waals surface area contributed by atoms with E-state index < -0.39 is 26.3 Å². The number of carbonyl (C=O) groups is 1. The lowest BCUT2D eigenvalue weighted by Crippen LogP contribution is -2.69. The fourth-order valence-corrected chi connectivity index (χ4v) is 9.52. The minimum Gasteiger partial charge on any atom is -0.394 e. The molecule has 0 N–H and O–H groups in total. The normalized spacial score (nSPS) is 25.8. The monoisotopic (exact) mass is 436 g/mol. The Labute approximate surface area is 186 Å². The Balaban J connectivity index is 1.89. The first kappa shape index (κ1) is 22.2. The molecule has 0 aromatic heterocycles. The van der Waals surface area contributed by atoms with Crippen LogP contribution >= 0.6 is 0 Å². The highest BCUT2D eigenvalue weighted by Gasteiger charge is 2.57. The second-order valence-electron chi connectivity index (χ2n) is 9.98. The van der Waals surface area contributed by atoms with Crippen molar-refractivity contribution in [2.75, 3.05) is 0 Å². The first-order chi connectivity index (χ1) is 14.6. The maximum Gasteiger partial charge on any atom is 0.262 e. The van der Waals surface area contributed by atoms with Gasteiger partial charge in [0.25, 0.3) is 8.32 Å². The molecular formula is C26H32O4Si. The number of fused-ring (bicyclic) bond motifs is 1. The molecule has 0 saturated carbocycles. The minimum absolute atomic E-state index is 0.0180. The quantitative estimate of drug-likeness (QED) is 0.680. The van der Waals surface area contributed by atoms with E-state index in [1.165, 1.54) is 0 Å². The van der Waals surface area contributed by atoms with E-state index in [9.17, 15) is 4.79 Å². The minimum atomic E-state index is -2.90. The highest BCUT2D eigenvalue weighted by Crippen LogP contribution is 2.42. The highest BCUT2D eigenvalue weighted by molar-refractivity contribution is 6.99.